The van der Waals surface area contributed by atoms with Crippen LogP contribution < -0.4 is 0 Å². The molecule has 1 saturated carbocycles. The molecule has 2 aromatic rings. The Morgan fingerprint density at radius 2 is 1.84 bits per heavy atom. The molecule has 19 heavy (non-hydrogen) atoms. The second kappa shape index (κ2) is 7.15. The van der Waals surface area contributed by atoms with Crippen molar-refractivity contribution in [1.29, 1.82) is 0 Å². The Morgan fingerprint density at radius 1 is 1.16 bits per heavy atom. The number of thiazole rings is 2. The summed E-state index contributed by atoms with van der Waals surface area (Å²) < 4.78 is 0.947. The molecule has 1 fully saturated rings. The van der Waals surface area contributed by atoms with Crippen LogP contribution in [-0.2, 0) is 0 Å². The summed E-state index contributed by atoms with van der Waals surface area (Å²) in [4.78, 5) is 7.89. The van der Waals surface area contributed by atoms with Gasteiger partial charge in [-0.15, -0.1) is 22.7 Å². The number of hydrogen-bond acceptors (Lipinski definition) is 5. The van der Waals surface area contributed by atoms with Crippen LogP contribution in [0.25, 0.3) is 0 Å². The van der Waals surface area contributed by atoms with Gasteiger partial charge >= 0.3 is 0 Å². The number of aromatic nitrogens is 2. The maximum atomic E-state index is 9.89. The van der Waals surface area contributed by atoms with E-state index in [1.807, 2.05) is 10.8 Å². The Morgan fingerprint density at radius 3 is 2.32 bits per heavy atom. The molecule has 1 aliphatic carbocycles. The van der Waals surface area contributed by atoms with Crippen LogP contribution in [0.2, 0.25) is 0 Å². The van der Waals surface area contributed by atoms with E-state index in [1.54, 1.807) is 23.7 Å². The summed E-state index contributed by atoms with van der Waals surface area (Å²) in [6.07, 6.45) is 7.28. The van der Waals surface area contributed by atoms with E-state index in [0.717, 1.165) is 34.6 Å². The molecule has 1 aliphatic rings. The molecule has 0 radical (unpaired) electrons. The van der Waals surface area contributed by atoms with E-state index in [9.17, 15) is 5.11 Å². The normalized spacial score (nSPS) is 16.1. The summed E-state index contributed by atoms with van der Waals surface area (Å²) in [5.41, 5.74) is -0.730. The minimum Gasteiger partial charge on any atom is -0.378 e. The van der Waals surface area contributed by atoms with Crippen LogP contribution in [0.3, 0.4) is 0 Å². The highest BCUT2D eigenvalue weighted by Gasteiger charge is 2.28. The van der Waals surface area contributed by atoms with E-state index < -0.39 is 5.60 Å². The third-order valence-electron chi connectivity index (χ3n) is 2.67. The first-order chi connectivity index (χ1) is 9.18. The van der Waals surface area contributed by atoms with Gasteiger partial charge in [0.25, 0.3) is 0 Å². The lowest BCUT2D eigenvalue weighted by atomic mass is 10.0. The quantitative estimate of drug-likeness (QED) is 0.732. The van der Waals surface area contributed by atoms with Crippen molar-refractivity contribution in [3.63, 3.8) is 0 Å². The summed E-state index contributed by atoms with van der Waals surface area (Å²) >= 11 is 6.28. The van der Waals surface area contributed by atoms with Gasteiger partial charge in [-0.3, -0.25) is 0 Å². The predicted molar refractivity (Wildman–Crippen MR) is 82.2 cm³/mol. The van der Waals surface area contributed by atoms with Gasteiger partial charge in [-0.1, -0.05) is 5.92 Å². The van der Waals surface area contributed by atoms with Crippen molar-refractivity contribution >= 4 is 38.6 Å². The third kappa shape index (κ3) is 5.03. The zero-order valence-electron chi connectivity index (χ0n) is 10.2. The highest BCUT2D eigenvalue weighted by molar-refractivity contribution is 9.11. The number of nitrogens with zero attached hydrogens (tertiary/aromatic N) is 2. The van der Waals surface area contributed by atoms with Gasteiger partial charge in [0.15, 0.2) is 8.92 Å². The van der Waals surface area contributed by atoms with Crippen LogP contribution in [0.5, 0.6) is 0 Å². The zero-order chi connectivity index (χ0) is 13.6. The molecule has 0 aliphatic heterocycles. The van der Waals surface area contributed by atoms with Gasteiger partial charge in [0.05, 0.1) is 0 Å². The first kappa shape index (κ1) is 14.7. The van der Waals surface area contributed by atoms with Gasteiger partial charge < -0.3 is 5.11 Å². The van der Waals surface area contributed by atoms with Gasteiger partial charge in [0, 0.05) is 23.2 Å². The fraction of sp³-hybridized carbons (Fsp3) is 0.385. The molecule has 0 unspecified atom stereocenters. The summed E-state index contributed by atoms with van der Waals surface area (Å²) in [6, 6.07) is 0. The molecule has 0 aromatic carbocycles. The summed E-state index contributed by atoms with van der Waals surface area (Å²) in [7, 11) is 0. The lowest BCUT2D eigenvalue weighted by Crippen LogP contribution is -2.20. The van der Waals surface area contributed by atoms with Crippen molar-refractivity contribution in [1.82, 2.24) is 9.97 Å². The first-order valence-electron chi connectivity index (χ1n) is 5.88. The standard InChI is InChI=1S/C10H11NOS.C3H2BrNS/c12-10(4-1-2-5-10)6-3-9-11-7-8-13-9;4-3-5-1-2-6-3/h7-8,12H,1-2,4-5H2;1-2H. The fourth-order valence-corrected chi connectivity index (χ4v) is 3.03. The molecule has 0 spiro atoms. The van der Waals surface area contributed by atoms with E-state index in [0.29, 0.717) is 0 Å². The van der Waals surface area contributed by atoms with Crippen molar-refractivity contribution in [3.8, 4) is 11.8 Å². The largest absolute Gasteiger partial charge is 0.378 e. The fourth-order valence-electron chi connectivity index (χ4n) is 1.75. The molecule has 0 saturated heterocycles. The third-order valence-corrected chi connectivity index (χ3v) is 4.68. The molecule has 1 N–H and O–H groups in total. The lowest BCUT2D eigenvalue weighted by molar-refractivity contribution is 0.110. The van der Waals surface area contributed by atoms with Gasteiger partial charge in [-0.25, -0.2) is 9.97 Å². The number of hydrogen-bond donors (Lipinski definition) is 1. The molecular formula is C13H13BrN2OS2. The van der Waals surface area contributed by atoms with Gasteiger partial charge in [-0.05, 0) is 47.5 Å². The van der Waals surface area contributed by atoms with Gasteiger partial charge in [0.1, 0.15) is 5.60 Å². The SMILES string of the molecule is Brc1nccs1.OC1(C#Cc2nccs2)CCCC1. The zero-order valence-corrected chi connectivity index (χ0v) is 13.4. The molecule has 6 heteroatoms. The van der Waals surface area contributed by atoms with Crippen LogP contribution in [0.1, 0.15) is 30.7 Å². The first-order valence-corrected chi connectivity index (χ1v) is 8.43. The number of aliphatic hydroxyl groups is 1. The van der Waals surface area contributed by atoms with Crippen LogP contribution in [0.15, 0.2) is 27.1 Å². The average molecular weight is 357 g/mol. The second-order valence-electron chi connectivity index (χ2n) is 4.11. The smallest absolute Gasteiger partial charge is 0.166 e. The van der Waals surface area contributed by atoms with Crippen LogP contribution in [0.4, 0.5) is 0 Å². The van der Waals surface area contributed by atoms with E-state index in [-0.39, 0.29) is 0 Å². The Hall–Kier alpha value is -0.740. The van der Waals surface area contributed by atoms with E-state index in [1.165, 1.54) is 11.3 Å². The highest BCUT2D eigenvalue weighted by atomic mass is 79.9. The molecule has 0 bridgehead atoms. The van der Waals surface area contributed by atoms with Gasteiger partial charge in [-0.2, -0.15) is 0 Å². The molecule has 3 rings (SSSR count). The van der Waals surface area contributed by atoms with Crippen molar-refractivity contribution < 1.29 is 5.11 Å². The Kier molecular flexibility index (Phi) is 5.52. The molecular weight excluding hydrogens is 344 g/mol. The second-order valence-corrected chi connectivity index (χ2v) is 7.18. The van der Waals surface area contributed by atoms with Gasteiger partial charge in [0.2, 0.25) is 0 Å². The number of rotatable bonds is 0. The Balaban J connectivity index is 0.000000186. The molecule has 3 nitrogen and oxygen atoms in total. The van der Waals surface area contributed by atoms with E-state index in [4.69, 9.17) is 0 Å². The molecule has 0 amide bonds. The minimum atomic E-state index is -0.730. The maximum Gasteiger partial charge on any atom is 0.166 e. The monoisotopic (exact) mass is 356 g/mol. The van der Waals surface area contributed by atoms with Crippen molar-refractivity contribution in [2.24, 2.45) is 0 Å². The summed E-state index contributed by atoms with van der Waals surface area (Å²) in [5.74, 6) is 5.83. The van der Waals surface area contributed by atoms with Crippen LogP contribution >= 0.6 is 38.6 Å². The summed E-state index contributed by atoms with van der Waals surface area (Å²) in [6.45, 7) is 0. The lowest BCUT2D eigenvalue weighted by Gasteiger charge is -2.12. The highest BCUT2D eigenvalue weighted by Crippen LogP contribution is 2.28. The van der Waals surface area contributed by atoms with Crippen LogP contribution in [0, 0.1) is 11.8 Å². The summed E-state index contributed by atoms with van der Waals surface area (Å²) in [5, 5.41) is 14.5. The van der Waals surface area contributed by atoms with E-state index >= 15 is 0 Å². The van der Waals surface area contributed by atoms with Crippen molar-refractivity contribution in [3.05, 3.63) is 32.1 Å². The predicted octanol–water partition coefficient (Wildman–Crippen LogP) is 3.71. The van der Waals surface area contributed by atoms with Crippen molar-refractivity contribution in [2.45, 2.75) is 31.3 Å². The minimum absolute atomic E-state index is 0.730. The van der Waals surface area contributed by atoms with E-state index in [2.05, 4.69) is 37.7 Å². The van der Waals surface area contributed by atoms with Crippen LogP contribution in [-0.4, -0.2) is 20.7 Å². The average Bonchev–Trinajstić information content (AvgIpc) is 3.10. The Bertz CT molecular complexity index is 537. The topological polar surface area (TPSA) is 46.0 Å². The maximum absolute atomic E-state index is 9.89. The number of halogens is 1. The molecule has 0 atom stereocenters. The molecule has 100 valence electrons. The Labute approximate surface area is 128 Å². The molecule has 2 aromatic heterocycles. The van der Waals surface area contributed by atoms with Crippen molar-refractivity contribution in [2.75, 3.05) is 0 Å². The molecule has 2 heterocycles.